The number of piperidine rings is 1. The summed E-state index contributed by atoms with van der Waals surface area (Å²) in [6, 6.07) is 9.36. The zero-order valence-electron chi connectivity index (χ0n) is 12.7. The Balaban J connectivity index is 1.73. The molecule has 114 valence electrons. The van der Waals surface area contributed by atoms with Crippen molar-refractivity contribution in [2.45, 2.75) is 26.2 Å². The first-order chi connectivity index (χ1) is 10.7. The number of hydrogen-bond donors (Lipinski definition) is 1. The summed E-state index contributed by atoms with van der Waals surface area (Å²) in [4.78, 5) is 23.0. The molecule has 0 saturated carbocycles. The fourth-order valence-electron chi connectivity index (χ4n) is 2.69. The molecule has 1 N–H and O–H groups in total. The zero-order chi connectivity index (χ0) is 15.4. The number of aromatic nitrogens is 2. The molecule has 5 nitrogen and oxygen atoms in total. The minimum Gasteiger partial charge on any atom is -0.356 e. The van der Waals surface area contributed by atoms with E-state index in [1.54, 1.807) is 6.07 Å². The summed E-state index contributed by atoms with van der Waals surface area (Å²) in [7, 11) is 0. The van der Waals surface area contributed by atoms with Crippen LogP contribution >= 0.6 is 0 Å². The van der Waals surface area contributed by atoms with Gasteiger partial charge in [0.1, 0.15) is 18.0 Å². The molecule has 0 radical (unpaired) electrons. The number of nitrogens with zero attached hydrogens (tertiary/aromatic N) is 3. The molecule has 1 saturated heterocycles. The fraction of sp³-hybridized carbons (Fsp3) is 0.353. The van der Waals surface area contributed by atoms with E-state index in [2.05, 4.69) is 20.2 Å². The fourth-order valence-corrected chi connectivity index (χ4v) is 2.69. The van der Waals surface area contributed by atoms with E-state index < -0.39 is 0 Å². The molecule has 1 amide bonds. The van der Waals surface area contributed by atoms with E-state index in [-0.39, 0.29) is 5.91 Å². The summed E-state index contributed by atoms with van der Waals surface area (Å²) in [6.45, 7) is 4.00. The molecular formula is C17H20N4O. The van der Waals surface area contributed by atoms with Crippen molar-refractivity contribution >= 4 is 17.5 Å². The van der Waals surface area contributed by atoms with Crippen LogP contribution in [0.3, 0.4) is 0 Å². The number of amides is 1. The Kier molecular flexibility index (Phi) is 4.32. The molecule has 5 heteroatoms. The molecule has 0 atom stereocenters. The Morgan fingerprint density at radius 3 is 2.73 bits per heavy atom. The van der Waals surface area contributed by atoms with Gasteiger partial charge in [-0.2, -0.15) is 0 Å². The van der Waals surface area contributed by atoms with Crippen molar-refractivity contribution in [3.63, 3.8) is 0 Å². The summed E-state index contributed by atoms with van der Waals surface area (Å²) >= 11 is 0. The molecule has 1 aromatic heterocycles. The maximum Gasteiger partial charge on any atom is 0.256 e. The molecule has 0 unspecified atom stereocenters. The average Bonchev–Trinajstić information content (AvgIpc) is 2.56. The van der Waals surface area contributed by atoms with Crippen LogP contribution in [-0.4, -0.2) is 29.0 Å². The Morgan fingerprint density at radius 1 is 1.14 bits per heavy atom. The molecule has 1 aliphatic heterocycles. The van der Waals surface area contributed by atoms with Gasteiger partial charge in [0, 0.05) is 24.7 Å². The highest BCUT2D eigenvalue weighted by atomic mass is 16.1. The Labute approximate surface area is 130 Å². The van der Waals surface area contributed by atoms with Crippen LogP contribution in [0.4, 0.5) is 11.6 Å². The van der Waals surface area contributed by atoms with E-state index in [4.69, 9.17) is 0 Å². The van der Waals surface area contributed by atoms with Crippen molar-refractivity contribution in [1.82, 2.24) is 9.97 Å². The van der Waals surface area contributed by atoms with Crippen LogP contribution in [0.25, 0.3) is 0 Å². The quantitative estimate of drug-likeness (QED) is 0.946. The molecule has 1 aromatic carbocycles. The van der Waals surface area contributed by atoms with Crippen LogP contribution in [0.5, 0.6) is 0 Å². The largest absolute Gasteiger partial charge is 0.356 e. The lowest BCUT2D eigenvalue weighted by Gasteiger charge is -2.27. The first-order valence-electron chi connectivity index (χ1n) is 7.67. The van der Waals surface area contributed by atoms with E-state index >= 15 is 0 Å². The number of hydrogen-bond acceptors (Lipinski definition) is 4. The van der Waals surface area contributed by atoms with Gasteiger partial charge in [-0.15, -0.1) is 0 Å². The first-order valence-corrected chi connectivity index (χ1v) is 7.67. The number of rotatable bonds is 3. The van der Waals surface area contributed by atoms with Gasteiger partial charge in [-0.1, -0.05) is 17.7 Å². The second-order valence-electron chi connectivity index (χ2n) is 5.63. The number of benzene rings is 1. The van der Waals surface area contributed by atoms with Crippen molar-refractivity contribution in [1.29, 1.82) is 0 Å². The van der Waals surface area contributed by atoms with Crippen LogP contribution in [-0.2, 0) is 0 Å². The Hall–Kier alpha value is -2.43. The van der Waals surface area contributed by atoms with Crippen molar-refractivity contribution < 1.29 is 4.79 Å². The van der Waals surface area contributed by atoms with Gasteiger partial charge >= 0.3 is 0 Å². The predicted octanol–water partition coefficient (Wildman–Crippen LogP) is 3.03. The maximum atomic E-state index is 12.3. The first kappa shape index (κ1) is 14.5. The van der Waals surface area contributed by atoms with Crippen molar-refractivity contribution in [2.24, 2.45) is 0 Å². The Bertz CT molecular complexity index is 665. The molecule has 1 aliphatic rings. The van der Waals surface area contributed by atoms with Crippen LogP contribution in [0.2, 0.25) is 0 Å². The van der Waals surface area contributed by atoms with Crippen LogP contribution in [0.1, 0.15) is 35.2 Å². The average molecular weight is 296 g/mol. The monoisotopic (exact) mass is 296 g/mol. The Morgan fingerprint density at radius 2 is 1.95 bits per heavy atom. The maximum absolute atomic E-state index is 12.3. The molecule has 22 heavy (non-hydrogen) atoms. The van der Waals surface area contributed by atoms with Crippen molar-refractivity contribution in [3.05, 3.63) is 47.8 Å². The number of anilines is 2. The molecule has 0 aliphatic carbocycles. The third kappa shape index (κ3) is 3.42. The topological polar surface area (TPSA) is 58.1 Å². The number of carbonyl (C=O) groups is 1. The highest BCUT2D eigenvalue weighted by Crippen LogP contribution is 2.19. The lowest BCUT2D eigenvalue weighted by atomic mass is 10.1. The minimum atomic E-state index is -0.146. The van der Waals surface area contributed by atoms with Gasteiger partial charge in [0.2, 0.25) is 0 Å². The SMILES string of the molecule is Cc1cccc(C(=O)Nc2cc(N3CCCCC3)ncn2)c1. The lowest BCUT2D eigenvalue weighted by molar-refractivity contribution is 0.102. The van der Waals surface area contributed by atoms with Crippen molar-refractivity contribution in [2.75, 3.05) is 23.3 Å². The summed E-state index contributed by atoms with van der Waals surface area (Å²) in [5.41, 5.74) is 1.70. The molecular weight excluding hydrogens is 276 g/mol. The van der Waals surface area contributed by atoms with E-state index in [0.717, 1.165) is 24.5 Å². The smallest absolute Gasteiger partial charge is 0.256 e. The zero-order valence-corrected chi connectivity index (χ0v) is 12.7. The van der Waals surface area contributed by atoms with E-state index in [0.29, 0.717) is 11.4 Å². The van der Waals surface area contributed by atoms with Crippen LogP contribution in [0.15, 0.2) is 36.7 Å². The van der Waals surface area contributed by atoms with Gasteiger partial charge in [-0.25, -0.2) is 9.97 Å². The summed E-state index contributed by atoms with van der Waals surface area (Å²) in [6.07, 6.45) is 5.16. The third-order valence-corrected chi connectivity index (χ3v) is 3.85. The highest BCUT2D eigenvalue weighted by Gasteiger charge is 2.14. The summed E-state index contributed by atoms with van der Waals surface area (Å²) in [5.74, 6) is 1.28. The standard InChI is InChI=1S/C17H20N4O/c1-13-6-5-7-14(10-13)17(22)20-15-11-16(19-12-18-15)21-8-3-2-4-9-21/h5-7,10-12H,2-4,8-9H2,1H3,(H,18,19,20,22). The molecule has 2 aromatic rings. The second-order valence-corrected chi connectivity index (χ2v) is 5.63. The molecule has 0 spiro atoms. The van der Waals surface area contributed by atoms with Crippen molar-refractivity contribution in [3.8, 4) is 0 Å². The van der Waals surface area contributed by atoms with E-state index in [9.17, 15) is 4.79 Å². The third-order valence-electron chi connectivity index (χ3n) is 3.85. The van der Waals surface area contributed by atoms with Crippen LogP contribution in [0, 0.1) is 6.92 Å². The number of carbonyl (C=O) groups excluding carboxylic acids is 1. The van der Waals surface area contributed by atoms with E-state index in [1.165, 1.54) is 25.6 Å². The second kappa shape index (κ2) is 6.56. The molecule has 1 fully saturated rings. The highest BCUT2D eigenvalue weighted by molar-refractivity contribution is 6.03. The van der Waals surface area contributed by atoms with Gasteiger partial charge < -0.3 is 10.2 Å². The van der Waals surface area contributed by atoms with E-state index in [1.807, 2.05) is 31.2 Å². The normalized spacial score (nSPS) is 14.7. The number of aryl methyl sites for hydroxylation is 1. The summed E-state index contributed by atoms with van der Waals surface area (Å²) in [5, 5.41) is 2.85. The molecule has 2 heterocycles. The predicted molar refractivity (Wildman–Crippen MR) is 87.2 cm³/mol. The van der Waals surface area contributed by atoms with Gasteiger partial charge in [-0.05, 0) is 38.3 Å². The van der Waals surface area contributed by atoms with Gasteiger partial charge in [0.05, 0.1) is 0 Å². The van der Waals surface area contributed by atoms with Crippen LogP contribution < -0.4 is 10.2 Å². The molecule has 0 bridgehead atoms. The van der Waals surface area contributed by atoms with Gasteiger partial charge in [0.15, 0.2) is 0 Å². The number of nitrogens with one attached hydrogen (secondary N) is 1. The van der Waals surface area contributed by atoms with Gasteiger partial charge in [0.25, 0.3) is 5.91 Å². The minimum absolute atomic E-state index is 0.146. The molecule has 3 rings (SSSR count). The summed E-state index contributed by atoms with van der Waals surface area (Å²) < 4.78 is 0. The van der Waals surface area contributed by atoms with Gasteiger partial charge in [-0.3, -0.25) is 4.79 Å². The lowest BCUT2D eigenvalue weighted by Crippen LogP contribution is -2.30.